The minimum Gasteiger partial charge on any atom is -0.495 e. The lowest BCUT2D eigenvalue weighted by Crippen LogP contribution is -2.36. The number of nitrogens with one attached hydrogen (secondary N) is 1. The van der Waals surface area contributed by atoms with Gasteiger partial charge in [0.25, 0.3) is 0 Å². The van der Waals surface area contributed by atoms with Crippen molar-refractivity contribution >= 4 is 17.5 Å². The Balaban J connectivity index is 2.03. The average Bonchev–Trinajstić information content (AvgIpc) is 2.56. The van der Waals surface area contributed by atoms with Crippen LogP contribution in [0.4, 0.5) is 5.69 Å². The Kier molecular flexibility index (Phi) is 5.95. The highest BCUT2D eigenvalue weighted by Gasteiger charge is 2.15. The quantitative estimate of drug-likeness (QED) is 0.888. The van der Waals surface area contributed by atoms with Gasteiger partial charge in [0, 0.05) is 13.5 Å². The number of aryl methyl sites for hydroxylation is 1. The molecule has 5 nitrogen and oxygen atoms in total. The van der Waals surface area contributed by atoms with Gasteiger partial charge in [-0.25, -0.2) is 0 Å². The van der Waals surface area contributed by atoms with Crippen LogP contribution in [0.2, 0.25) is 0 Å². The van der Waals surface area contributed by atoms with Crippen molar-refractivity contribution in [3.05, 3.63) is 59.7 Å². The summed E-state index contributed by atoms with van der Waals surface area (Å²) in [6.07, 6.45) is 0. The Bertz CT molecular complexity index is 711. The Hall–Kier alpha value is -2.82. The van der Waals surface area contributed by atoms with Gasteiger partial charge in [0.2, 0.25) is 11.8 Å². The second-order valence-electron chi connectivity index (χ2n) is 5.61. The molecular weight excluding hydrogens is 304 g/mol. The fraction of sp³-hybridized carbons (Fsp3) is 0.263. The van der Waals surface area contributed by atoms with Crippen molar-refractivity contribution in [2.75, 3.05) is 19.0 Å². The monoisotopic (exact) mass is 326 g/mol. The van der Waals surface area contributed by atoms with Crippen LogP contribution in [0.15, 0.2) is 48.5 Å². The number of nitrogens with zero attached hydrogens (tertiary/aromatic N) is 1. The standard InChI is InChI=1S/C19H22N2O3/c1-14-8-10-16(11-9-14)12-21(15(2)22)13-19(23)20-17-6-4-5-7-18(17)24-3/h4-11H,12-13H2,1-3H3,(H,20,23). The molecule has 2 aromatic rings. The largest absolute Gasteiger partial charge is 0.495 e. The van der Waals surface area contributed by atoms with Crippen molar-refractivity contribution in [1.29, 1.82) is 0 Å². The minimum atomic E-state index is -0.262. The summed E-state index contributed by atoms with van der Waals surface area (Å²) in [6, 6.07) is 15.1. The third-order valence-corrected chi connectivity index (χ3v) is 3.65. The number of ether oxygens (including phenoxy) is 1. The molecule has 0 aliphatic heterocycles. The van der Waals surface area contributed by atoms with Crippen LogP contribution in [-0.4, -0.2) is 30.4 Å². The number of hydrogen-bond donors (Lipinski definition) is 1. The number of anilines is 1. The molecule has 126 valence electrons. The summed E-state index contributed by atoms with van der Waals surface area (Å²) in [4.78, 5) is 25.6. The number of carbonyl (C=O) groups excluding carboxylic acids is 2. The molecule has 0 atom stereocenters. The lowest BCUT2D eigenvalue weighted by atomic mass is 10.1. The van der Waals surface area contributed by atoms with Gasteiger partial charge in [0.15, 0.2) is 0 Å². The highest BCUT2D eigenvalue weighted by molar-refractivity contribution is 5.95. The van der Waals surface area contributed by atoms with E-state index in [1.165, 1.54) is 11.8 Å². The number of carbonyl (C=O) groups is 2. The van der Waals surface area contributed by atoms with E-state index in [4.69, 9.17) is 4.74 Å². The van der Waals surface area contributed by atoms with Crippen molar-refractivity contribution in [3.8, 4) is 5.75 Å². The number of para-hydroxylation sites is 2. The maximum absolute atomic E-state index is 12.3. The van der Waals surface area contributed by atoms with Gasteiger partial charge in [-0.2, -0.15) is 0 Å². The lowest BCUT2D eigenvalue weighted by Gasteiger charge is -2.21. The Labute approximate surface area is 142 Å². The van der Waals surface area contributed by atoms with Crippen LogP contribution < -0.4 is 10.1 Å². The van der Waals surface area contributed by atoms with Crippen molar-refractivity contribution in [2.24, 2.45) is 0 Å². The molecule has 0 saturated carbocycles. The van der Waals surface area contributed by atoms with Gasteiger partial charge in [-0.05, 0) is 24.6 Å². The number of hydrogen-bond acceptors (Lipinski definition) is 3. The van der Waals surface area contributed by atoms with Gasteiger partial charge in [-0.15, -0.1) is 0 Å². The molecular formula is C19H22N2O3. The molecule has 0 saturated heterocycles. The van der Waals surface area contributed by atoms with Crippen LogP contribution in [0, 0.1) is 6.92 Å². The average molecular weight is 326 g/mol. The van der Waals surface area contributed by atoms with Crippen molar-refractivity contribution < 1.29 is 14.3 Å². The molecule has 0 heterocycles. The summed E-state index contributed by atoms with van der Waals surface area (Å²) in [5, 5.41) is 2.78. The predicted molar refractivity (Wildman–Crippen MR) is 93.9 cm³/mol. The molecule has 2 rings (SSSR count). The van der Waals surface area contributed by atoms with Crippen LogP contribution in [0.25, 0.3) is 0 Å². The van der Waals surface area contributed by atoms with Gasteiger partial charge >= 0.3 is 0 Å². The van der Waals surface area contributed by atoms with E-state index in [1.54, 1.807) is 19.2 Å². The third kappa shape index (κ3) is 4.84. The molecule has 0 fully saturated rings. The molecule has 2 aromatic carbocycles. The Morgan fingerprint density at radius 2 is 1.75 bits per heavy atom. The van der Waals surface area contributed by atoms with E-state index in [9.17, 15) is 9.59 Å². The zero-order chi connectivity index (χ0) is 17.5. The minimum absolute atomic E-state index is 0.0126. The van der Waals surface area contributed by atoms with Gasteiger partial charge < -0.3 is 15.0 Å². The van der Waals surface area contributed by atoms with Gasteiger partial charge in [-0.3, -0.25) is 9.59 Å². The normalized spacial score (nSPS) is 10.1. The Morgan fingerprint density at radius 3 is 2.38 bits per heavy atom. The molecule has 0 radical (unpaired) electrons. The summed E-state index contributed by atoms with van der Waals surface area (Å²) in [7, 11) is 1.55. The van der Waals surface area contributed by atoms with Crippen LogP contribution in [0.5, 0.6) is 5.75 Å². The first kappa shape index (κ1) is 17.5. The molecule has 2 amide bonds. The fourth-order valence-corrected chi connectivity index (χ4v) is 2.30. The summed E-state index contributed by atoms with van der Waals surface area (Å²) < 4.78 is 5.21. The van der Waals surface area contributed by atoms with E-state index in [1.807, 2.05) is 43.3 Å². The first-order valence-electron chi connectivity index (χ1n) is 7.73. The molecule has 1 N–H and O–H groups in total. The first-order valence-corrected chi connectivity index (χ1v) is 7.73. The lowest BCUT2D eigenvalue weighted by molar-refractivity contribution is -0.133. The van der Waals surface area contributed by atoms with E-state index >= 15 is 0 Å². The number of amides is 2. The zero-order valence-electron chi connectivity index (χ0n) is 14.2. The molecule has 0 aliphatic carbocycles. The molecule has 0 spiro atoms. The van der Waals surface area contributed by atoms with Gasteiger partial charge in [0.1, 0.15) is 12.3 Å². The Morgan fingerprint density at radius 1 is 1.08 bits per heavy atom. The number of rotatable bonds is 6. The third-order valence-electron chi connectivity index (χ3n) is 3.65. The highest BCUT2D eigenvalue weighted by Crippen LogP contribution is 2.22. The van der Waals surface area contributed by atoms with Crippen molar-refractivity contribution in [3.63, 3.8) is 0 Å². The van der Waals surface area contributed by atoms with Gasteiger partial charge in [-0.1, -0.05) is 42.0 Å². The van der Waals surface area contributed by atoms with Crippen LogP contribution in [0.3, 0.4) is 0 Å². The second-order valence-corrected chi connectivity index (χ2v) is 5.61. The topological polar surface area (TPSA) is 58.6 Å². The molecule has 5 heteroatoms. The van der Waals surface area contributed by atoms with E-state index in [2.05, 4.69) is 5.32 Å². The highest BCUT2D eigenvalue weighted by atomic mass is 16.5. The molecule has 0 aromatic heterocycles. The summed E-state index contributed by atoms with van der Waals surface area (Å²) in [5.74, 6) is 0.173. The fourth-order valence-electron chi connectivity index (χ4n) is 2.30. The van der Waals surface area contributed by atoms with Crippen LogP contribution in [-0.2, 0) is 16.1 Å². The van der Waals surface area contributed by atoms with E-state index in [0.717, 1.165) is 11.1 Å². The van der Waals surface area contributed by atoms with Crippen molar-refractivity contribution in [1.82, 2.24) is 4.90 Å². The molecule has 0 unspecified atom stereocenters. The SMILES string of the molecule is COc1ccccc1NC(=O)CN(Cc1ccc(C)cc1)C(C)=O. The van der Waals surface area contributed by atoms with Crippen LogP contribution >= 0.6 is 0 Å². The van der Waals surface area contributed by atoms with Crippen LogP contribution in [0.1, 0.15) is 18.1 Å². The second kappa shape index (κ2) is 8.15. The molecule has 24 heavy (non-hydrogen) atoms. The number of methoxy groups -OCH3 is 1. The van der Waals surface area contributed by atoms with E-state index in [-0.39, 0.29) is 18.4 Å². The number of benzene rings is 2. The van der Waals surface area contributed by atoms with Gasteiger partial charge in [0.05, 0.1) is 12.8 Å². The molecule has 0 aliphatic rings. The van der Waals surface area contributed by atoms with E-state index in [0.29, 0.717) is 18.0 Å². The molecule has 0 bridgehead atoms. The summed E-state index contributed by atoms with van der Waals surface area (Å²) >= 11 is 0. The first-order chi connectivity index (χ1) is 11.5. The summed E-state index contributed by atoms with van der Waals surface area (Å²) in [6.45, 7) is 3.86. The van der Waals surface area contributed by atoms with E-state index < -0.39 is 0 Å². The zero-order valence-corrected chi connectivity index (χ0v) is 14.2. The smallest absolute Gasteiger partial charge is 0.244 e. The maximum atomic E-state index is 12.3. The summed E-state index contributed by atoms with van der Waals surface area (Å²) in [5.41, 5.74) is 2.73. The predicted octanol–water partition coefficient (Wildman–Crippen LogP) is 2.99. The maximum Gasteiger partial charge on any atom is 0.244 e. The van der Waals surface area contributed by atoms with Crippen molar-refractivity contribution in [2.45, 2.75) is 20.4 Å².